The van der Waals surface area contributed by atoms with Crippen LogP contribution in [0.4, 0.5) is 32.2 Å². The summed E-state index contributed by atoms with van der Waals surface area (Å²) in [5, 5.41) is 14.0. The average molecular weight is 596 g/mol. The highest BCUT2D eigenvalue weighted by Crippen LogP contribution is 2.42. The van der Waals surface area contributed by atoms with E-state index in [-0.39, 0.29) is 28.2 Å². The van der Waals surface area contributed by atoms with E-state index in [1.807, 2.05) is 5.32 Å². The molecular formula is C25H31F6N5O3S. The molecule has 0 bridgehead atoms. The number of pyridine rings is 1. The summed E-state index contributed by atoms with van der Waals surface area (Å²) in [5.74, 6) is -2.13. The molecular weight excluding hydrogens is 564 g/mol. The van der Waals surface area contributed by atoms with Gasteiger partial charge in [-0.2, -0.15) is 26.3 Å². The number of nitrogens with one attached hydrogen (secondary N) is 2. The molecule has 2 aromatic rings. The summed E-state index contributed by atoms with van der Waals surface area (Å²) >= 11 is 0.531. The van der Waals surface area contributed by atoms with E-state index < -0.39 is 59.2 Å². The lowest BCUT2D eigenvalue weighted by molar-refractivity contribution is -0.142. The summed E-state index contributed by atoms with van der Waals surface area (Å²) in [6.45, 7) is 6.05. The molecule has 1 fully saturated rings. The van der Waals surface area contributed by atoms with Crippen LogP contribution in [0.3, 0.4) is 0 Å². The van der Waals surface area contributed by atoms with Crippen LogP contribution >= 0.6 is 11.3 Å². The Morgan fingerprint density at radius 1 is 1.20 bits per heavy atom. The Morgan fingerprint density at radius 2 is 1.88 bits per heavy atom. The van der Waals surface area contributed by atoms with Crippen molar-refractivity contribution >= 4 is 29.0 Å². The molecule has 1 saturated heterocycles. The minimum Gasteiger partial charge on any atom is -0.389 e. The highest BCUT2D eigenvalue weighted by atomic mass is 32.1. The number of likely N-dealkylation sites (tertiary alicyclic amines) is 1. The maximum Gasteiger partial charge on any atom is 0.417 e. The quantitative estimate of drug-likeness (QED) is 0.349. The van der Waals surface area contributed by atoms with Gasteiger partial charge in [0.15, 0.2) is 5.01 Å². The van der Waals surface area contributed by atoms with Crippen LogP contribution < -0.4 is 10.6 Å². The molecule has 3 heterocycles. The third-order valence-electron chi connectivity index (χ3n) is 6.35. The van der Waals surface area contributed by atoms with Crippen LogP contribution in [0.15, 0.2) is 12.3 Å². The smallest absolute Gasteiger partial charge is 0.389 e. The van der Waals surface area contributed by atoms with E-state index in [4.69, 9.17) is 0 Å². The van der Waals surface area contributed by atoms with E-state index >= 15 is 0 Å². The molecule has 3 rings (SSSR count). The first-order valence-electron chi connectivity index (χ1n) is 12.7. The zero-order valence-electron chi connectivity index (χ0n) is 22.3. The summed E-state index contributed by atoms with van der Waals surface area (Å²) < 4.78 is 82.4. The molecule has 2 aromatic heterocycles. The normalized spacial score (nSPS) is 17.5. The number of piperidine rings is 1. The van der Waals surface area contributed by atoms with E-state index in [1.54, 1.807) is 6.92 Å². The number of halogens is 6. The molecule has 222 valence electrons. The standard InChI is InChI=1S/C25H31F6N5O3S/c1-5-16(25(29,30)31)34-17-10-15(24(26,27)28)14(11-32-17)19-18(22(38)36-9-7-6-8-13(36)2)35-21(40-19)20(37)33-12-23(3,4)39/h10-11,13,16,39H,5-9,12H2,1-4H3,(H,32,34)(H,33,37)/t13-,16?/m0/s1. The Balaban J connectivity index is 2.13. The third kappa shape index (κ3) is 7.62. The highest BCUT2D eigenvalue weighted by molar-refractivity contribution is 7.17. The first kappa shape index (κ1) is 31.6. The van der Waals surface area contributed by atoms with E-state index in [0.29, 0.717) is 36.8 Å². The number of amides is 2. The Bertz CT molecular complexity index is 1220. The molecule has 0 saturated carbocycles. The maximum atomic E-state index is 14.2. The zero-order chi connectivity index (χ0) is 30.0. The van der Waals surface area contributed by atoms with Gasteiger partial charge >= 0.3 is 12.4 Å². The second-order valence-corrected chi connectivity index (χ2v) is 11.3. The van der Waals surface area contributed by atoms with Crippen LogP contribution in [0.5, 0.6) is 0 Å². The van der Waals surface area contributed by atoms with E-state index in [0.717, 1.165) is 12.6 Å². The third-order valence-corrected chi connectivity index (χ3v) is 7.44. The molecule has 0 aliphatic carbocycles. The first-order chi connectivity index (χ1) is 18.4. The Morgan fingerprint density at radius 3 is 2.42 bits per heavy atom. The largest absolute Gasteiger partial charge is 0.417 e. The fraction of sp³-hybridized carbons (Fsp3) is 0.600. The summed E-state index contributed by atoms with van der Waals surface area (Å²) in [6, 6.07) is -1.89. The van der Waals surface area contributed by atoms with Crippen LogP contribution in [-0.2, 0) is 6.18 Å². The number of alkyl halides is 6. The molecule has 2 amide bonds. The SMILES string of the molecule is CCC(Nc1cc(C(F)(F)F)c(-c2sc(C(=O)NCC(C)(C)O)nc2C(=O)N2CCCC[C@@H]2C)cn1)C(F)(F)F. The monoisotopic (exact) mass is 595 g/mol. The molecule has 0 aromatic carbocycles. The van der Waals surface area contributed by atoms with Gasteiger partial charge in [0.05, 0.1) is 16.0 Å². The number of carbonyl (C=O) groups excluding carboxylic acids is 2. The maximum absolute atomic E-state index is 14.2. The Hall–Kier alpha value is -2.94. The van der Waals surface area contributed by atoms with Gasteiger partial charge in [0, 0.05) is 30.9 Å². The molecule has 0 spiro atoms. The van der Waals surface area contributed by atoms with Crippen LogP contribution in [0.1, 0.15) is 79.2 Å². The Labute approximate surface area is 231 Å². The van der Waals surface area contributed by atoms with Crippen LogP contribution in [0.25, 0.3) is 10.4 Å². The van der Waals surface area contributed by atoms with Crippen molar-refractivity contribution in [3.63, 3.8) is 0 Å². The van der Waals surface area contributed by atoms with E-state index in [1.165, 1.54) is 25.7 Å². The highest BCUT2D eigenvalue weighted by Gasteiger charge is 2.41. The van der Waals surface area contributed by atoms with Gasteiger partial charge in [0.25, 0.3) is 11.8 Å². The van der Waals surface area contributed by atoms with Crippen molar-refractivity contribution in [1.82, 2.24) is 20.2 Å². The minimum absolute atomic E-state index is 0.194. The van der Waals surface area contributed by atoms with Gasteiger partial charge in [0.1, 0.15) is 17.6 Å². The fourth-order valence-electron chi connectivity index (χ4n) is 4.20. The van der Waals surface area contributed by atoms with Gasteiger partial charge in [0.2, 0.25) is 0 Å². The van der Waals surface area contributed by atoms with Crippen molar-refractivity contribution in [3.05, 3.63) is 28.5 Å². The summed E-state index contributed by atoms with van der Waals surface area (Å²) in [5.41, 5.74) is -3.61. The van der Waals surface area contributed by atoms with Crippen LogP contribution in [-0.4, -0.2) is 68.7 Å². The number of hydrogen-bond donors (Lipinski definition) is 3. The van der Waals surface area contributed by atoms with Gasteiger partial charge in [-0.15, -0.1) is 11.3 Å². The van der Waals surface area contributed by atoms with Crippen molar-refractivity contribution in [2.45, 2.75) is 83.4 Å². The number of carbonyl (C=O) groups is 2. The van der Waals surface area contributed by atoms with Crippen molar-refractivity contribution in [2.75, 3.05) is 18.4 Å². The molecule has 8 nitrogen and oxygen atoms in total. The number of rotatable bonds is 8. The average Bonchev–Trinajstić information content (AvgIpc) is 3.29. The summed E-state index contributed by atoms with van der Waals surface area (Å²) in [4.78, 5) is 35.4. The molecule has 0 radical (unpaired) electrons. The van der Waals surface area contributed by atoms with Crippen LogP contribution in [0, 0.1) is 0 Å². The van der Waals surface area contributed by atoms with Gasteiger partial charge in [-0.1, -0.05) is 6.92 Å². The summed E-state index contributed by atoms with van der Waals surface area (Å²) in [7, 11) is 0. The lowest BCUT2D eigenvalue weighted by atomic mass is 10.0. The number of aromatic nitrogens is 2. The van der Waals surface area contributed by atoms with Crippen molar-refractivity contribution < 1.29 is 41.0 Å². The number of hydrogen-bond acceptors (Lipinski definition) is 7. The first-order valence-corrected chi connectivity index (χ1v) is 13.5. The molecule has 3 N–H and O–H groups in total. The lowest BCUT2D eigenvalue weighted by Gasteiger charge is -2.33. The van der Waals surface area contributed by atoms with Gasteiger partial charge in [-0.3, -0.25) is 9.59 Å². The van der Waals surface area contributed by atoms with Crippen molar-refractivity contribution in [2.24, 2.45) is 0 Å². The molecule has 1 aliphatic heterocycles. The molecule has 1 unspecified atom stereocenters. The van der Waals surface area contributed by atoms with E-state index in [2.05, 4.69) is 15.3 Å². The second-order valence-electron chi connectivity index (χ2n) is 10.3. The predicted molar refractivity (Wildman–Crippen MR) is 137 cm³/mol. The molecule has 2 atom stereocenters. The zero-order valence-corrected chi connectivity index (χ0v) is 23.1. The van der Waals surface area contributed by atoms with Gasteiger partial charge in [-0.05, 0) is 52.5 Å². The summed E-state index contributed by atoms with van der Waals surface area (Å²) in [6.07, 6.45) is -7.25. The van der Waals surface area contributed by atoms with Gasteiger partial charge < -0.3 is 20.6 Å². The molecule has 40 heavy (non-hydrogen) atoms. The van der Waals surface area contributed by atoms with E-state index in [9.17, 15) is 41.0 Å². The van der Waals surface area contributed by atoms with Crippen molar-refractivity contribution in [3.8, 4) is 10.4 Å². The molecule has 1 aliphatic rings. The fourth-order valence-corrected chi connectivity index (χ4v) is 5.19. The number of aliphatic hydroxyl groups is 1. The minimum atomic E-state index is -5.04. The van der Waals surface area contributed by atoms with Gasteiger partial charge in [-0.25, -0.2) is 9.97 Å². The molecule has 15 heteroatoms. The topological polar surface area (TPSA) is 107 Å². The Kier molecular flexibility index (Phi) is 9.39. The number of anilines is 1. The number of nitrogens with zero attached hydrogens (tertiary/aromatic N) is 3. The second kappa shape index (κ2) is 11.9. The van der Waals surface area contributed by atoms with Crippen LogP contribution in [0.2, 0.25) is 0 Å². The lowest BCUT2D eigenvalue weighted by Crippen LogP contribution is -2.42. The number of thiazole rings is 1. The van der Waals surface area contributed by atoms with Crippen molar-refractivity contribution in [1.29, 1.82) is 0 Å². The predicted octanol–water partition coefficient (Wildman–Crippen LogP) is 5.49.